The third kappa shape index (κ3) is 2.64. The Morgan fingerprint density at radius 3 is 2.36 bits per heavy atom. The van der Waals surface area contributed by atoms with Crippen molar-refractivity contribution < 1.29 is 4.57 Å². The quantitative estimate of drug-likeness (QED) is 0.647. The van der Waals surface area contributed by atoms with Crippen LogP contribution in [-0.2, 0) is 7.05 Å². The molecule has 0 spiro atoms. The second kappa shape index (κ2) is 5.72. The topological polar surface area (TPSA) is 16.8 Å². The first-order valence-corrected chi connectivity index (χ1v) is 7.55. The van der Waals surface area contributed by atoms with E-state index in [0.29, 0.717) is 0 Å². The molecule has 2 nitrogen and oxygen atoms in total. The Morgan fingerprint density at radius 2 is 1.64 bits per heavy atom. The third-order valence-electron chi connectivity index (χ3n) is 4.18. The Labute approximate surface area is 132 Å². The highest BCUT2D eigenvalue weighted by molar-refractivity contribution is 5.69. The van der Waals surface area contributed by atoms with E-state index in [1.165, 1.54) is 27.9 Å². The predicted octanol–water partition coefficient (Wildman–Crippen LogP) is 4.17. The van der Waals surface area contributed by atoms with E-state index in [2.05, 4.69) is 60.7 Å². The van der Waals surface area contributed by atoms with Crippen molar-refractivity contribution in [1.82, 2.24) is 4.98 Å². The molecule has 3 aromatic rings. The zero-order chi connectivity index (χ0) is 15.7. The highest BCUT2D eigenvalue weighted by Gasteiger charge is 2.15. The summed E-state index contributed by atoms with van der Waals surface area (Å²) in [4.78, 5) is 4.57. The molecule has 0 N–H and O–H groups in total. The van der Waals surface area contributed by atoms with E-state index in [4.69, 9.17) is 0 Å². The largest absolute Gasteiger partial charge is 0.287 e. The Morgan fingerprint density at radius 1 is 0.909 bits per heavy atom. The summed E-state index contributed by atoms with van der Waals surface area (Å²) in [6.45, 7) is 6.51. The summed E-state index contributed by atoms with van der Waals surface area (Å²) in [5.41, 5.74) is 8.56. The molecule has 0 saturated heterocycles. The first-order valence-electron chi connectivity index (χ1n) is 7.55. The Balaban J connectivity index is 2.20. The molecule has 3 rings (SSSR count). The molecule has 0 fully saturated rings. The minimum atomic E-state index is 1.01. The number of hydrogen-bond donors (Lipinski definition) is 0. The van der Waals surface area contributed by atoms with E-state index in [9.17, 15) is 0 Å². The van der Waals surface area contributed by atoms with Crippen LogP contribution < -0.4 is 4.57 Å². The summed E-state index contributed by atoms with van der Waals surface area (Å²) in [6.07, 6.45) is 1.90. The lowest BCUT2D eigenvalue weighted by molar-refractivity contribution is -0.663. The van der Waals surface area contributed by atoms with Crippen LogP contribution in [0.3, 0.4) is 0 Å². The predicted molar refractivity (Wildman–Crippen MR) is 90.5 cm³/mol. The minimum absolute atomic E-state index is 1.01. The van der Waals surface area contributed by atoms with Gasteiger partial charge in [-0.2, -0.15) is 0 Å². The summed E-state index contributed by atoms with van der Waals surface area (Å²) < 4.78 is 2.09. The molecule has 1 heterocycles. The van der Waals surface area contributed by atoms with Crippen LogP contribution in [0.15, 0.2) is 54.9 Å². The molecule has 110 valence electrons. The van der Waals surface area contributed by atoms with Gasteiger partial charge in [-0.3, -0.25) is 0 Å². The fourth-order valence-corrected chi connectivity index (χ4v) is 2.82. The van der Waals surface area contributed by atoms with Crippen LogP contribution in [0.2, 0.25) is 0 Å². The zero-order valence-corrected chi connectivity index (χ0v) is 13.6. The Bertz CT molecular complexity index is 821. The Hall–Kier alpha value is -2.48. The van der Waals surface area contributed by atoms with Gasteiger partial charge in [-0.05, 0) is 42.9 Å². The SMILES string of the molecule is Cc1cc(C)c(C)c(-c2cc(-c3ccccc3)nc[n+]2C)c1. The average Bonchev–Trinajstić information content (AvgIpc) is 2.52. The molecule has 0 amide bonds. The number of aromatic nitrogens is 2. The van der Waals surface area contributed by atoms with Gasteiger partial charge < -0.3 is 0 Å². The molecule has 0 atom stereocenters. The number of rotatable bonds is 2. The van der Waals surface area contributed by atoms with E-state index in [1.807, 2.05) is 31.6 Å². The van der Waals surface area contributed by atoms with E-state index in [0.717, 1.165) is 11.3 Å². The smallest absolute Gasteiger partial charge is 0.232 e. The standard InChI is InChI=1S/C20H21N2/c1-14-10-15(2)16(3)18(11-14)20-12-19(21-13-22(20)4)17-8-6-5-7-9-17/h5-13H,1-4H3/q+1. The van der Waals surface area contributed by atoms with Crippen molar-refractivity contribution in [2.45, 2.75) is 20.8 Å². The lowest BCUT2D eigenvalue weighted by atomic mass is 9.97. The maximum absolute atomic E-state index is 4.57. The van der Waals surface area contributed by atoms with Gasteiger partial charge in [0.2, 0.25) is 0 Å². The van der Waals surface area contributed by atoms with Crippen LogP contribution in [0, 0.1) is 20.8 Å². The minimum Gasteiger partial charge on any atom is -0.232 e. The molecule has 1 aromatic heterocycles. The van der Waals surface area contributed by atoms with E-state index in [-0.39, 0.29) is 0 Å². The van der Waals surface area contributed by atoms with Crippen molar-refractivity contribution in [3.63, 3.8) is 0 Å². The fourth-order valence-electron chi connectivity index (χ4n) is 2.82. The van der Waals surface area contributed by atoms with Gasteiger partial charge in [0.15, 0.2) is 5.69 Å². The molecule has 0 bridgehead atoms. The van der Waals surface area contributed by atoms with Crippen LogP contribution in [0.5, 0.6) is 0 Å². The molecule has 0 aliphatic carbocycles. The molecule has 2 heteroatoms. The summed E-state index contributed by atoms with van der Waals surface area (Å²) in [7, 11) is 2.05. The second-order valence-corrected chi connectivity index (χ2v) is 5.89. The highest BCUT2D eigenvalue weighted by atomic mass is 15.0. The molecule has 0 radical (unpaired) electrons. The molecule has 0 aliphatic heterocycles. The van der Waals surface area contributed by atoms with Crippen LogP contribution in [-0.4, -0.2) is 4.98 Å². The molecule has 2 aromatic carbocycles. The van der Waals surface area contributed by atoms with Crippen molar-refractivity contribution in [3.8, 4) is 22.5 Å². The van der Waals surface area contributed by atoms with Gasteiger partial charge in [0.05, 0.1) is 7.05 Å². The summed E-state index contributed by atoms with van der Waals surface area (Å²) in [5.74, 6) is 0. The Kier molecular flexibility index (Phi) is 3.76. The van der Waals surface area contributed by atoms with Crippen LogP contribution >= 0.6 is 0 Å². The molecule has 22 heavy (non-hydrogen) atoms. The van der Waals surface area contributed by atoms with Gasteiger partial charge in [0.25, 0.3) is 6.33 Å². The molecule has 0 aliphatic rings. The van der Waals surface area contributed by atoms with E-state index >= 15 is 0 Å². The fraction of sp³-hybridized carbons (Fsp3) is 0.200. The van der Waals surface area contributed by atoms with Gasteiger partial charge in [0.1, 0.15) is 5.69 Å². The second-order valence-electron chi connectivity index (χ2n) is 5.89. The maximum Gasteiger partial charge on any atom is 0.287 e. The first kappa shape index (κ1) is 14.5. The summed E-state index contributed by atoms with van der Waals surface area (Å²) >= 11 is 0. The lowest BCUT2D eigenvalue weighted by Gasteiger charge is -2.11. The van der Waals surface area contributed by atoms with Gasteiger partial charge in [0, 0.05) is 17.2 Å². The van der Waals surface area contributed by atoms with Gasteiger partial charge in [-0.15, -0.1) is 0 Å². The van der Waals surface area contributed by atoms with E-state index in [1.54, 1.807) is 0 Å². The zero-order valence-electron chi connectivity index (χ0n) is 13.6. The number of benzene rings is 2. The lowest BCUT2D eigenvalue weighted by Crippen LogP contribution is -2.31. The normalized spacial score (nSPS) is 10.7. The van der Waals surface area contributed by atoms with Crippen LogP contribution in [0.4, 0.5) is 0 Å². The van der Waals surface area contributed by atoms with Gasteiger partial charge in [-0.25, -0.2) is 4.57 Å². The number of aryl methyl sites for hydroxylation is 3. The summed E-state index contributed by atoms with van der Waals surface area (Å²) in [6, 6.07) is 17.0. The van der Waals surface area contributed by atoms with Crippen molar-refractivity contribution in [2.75, 3.05) is 0 Å². The van der Waals surface area contributed by atoms with Gasteiger partial charge >= 0.3 is 0 Å². The van der Waals surface area contributed by atoms with Gasteiger partial charge in [-0.1, -0.05) is 42.0 Å². The number of hydrogen-bond acceptors (Lipinski definition) is 1. The highest BCUT2D eigenvalue weighted by Crippen LogP contribution is 2.27. The molecular weight excluding hydrogens is 268 g/mol. The van der Waals surface area contributed by atoms with Crippen LogP contribution in [0.1, 0.15) is 16.7 Å². The number of nitrogens with zero attached hydrogens (tertiary/aromatic N) is 2. The summed E-state index contributed by atoms with van der Waals surface area (Å²) in [5, 5.41) is 0. The van der Waals surface area contributed by atoms with Crippen molar-refractivity contribution in [3.05, 3.63) is 71.5 Å². The first-order chi connectivity index (χ1) is 10.6. The van der Waals surface area contributed by atoms with Crippen molar-refractivity contribution >= 4 is 0 Å². The monoisotopic (exact) mass is 289 g/mol. The van der Waals surface area contributed by atoms with Crippen molar-refractivity contribution in [2.24, 2.45) is 7.05 Å². The average molecular weight is 289 g/mol. The van der Waals surface area contributed by atoms with E-state index < -0.39 is 0 Å². The molecule has 0 saturated carbocycles. The van der Waals surface area contributed by atoms with Crippen molar-refractivity contribution in [1.29, 1.82) is 0 Å². The van der Waals surface area contributed by atoms with Crippen LogP contribution in [0.25, 0.3) is 22.5 Å². The maximum atomic E-state index is 4.57. The molecular formula is C20H21N2+. The third-order valence-corrected chi connectivity index (χ3v) is 4.18. The molecule has 0 unspecified atom stereocenters.